The van der Waals surface area contributed by atoms with Gasteiger partial charge in [0.2, 0.25) is 0 Å². The van der Waals surface area contributed by atoms with E-state index in [-0.39, 0.29) is 4.32 Å². The molecule has 0 saturated carbocycles. The molecule has 0 heterocycles. The SMILES string of the molecule is C[CH2][Zn]([CH3])([CH3])[CH2]C.NC(=S)S. The third-order valence-electron chi connectivity index (χ3n) is 2.71. The van der Waals surface area contributed by atoms with Crippen LogP contribution < -0.4 is 5.73 Å². The van der Waals surface area contributed by atoms with Gasteiger partial charge in [-0.25, -0.2) is 0 Å². The van der Waals surface area contributed by atoms with Gasteiger partial charge in [0, 0.05) is 0 Å². The maximum Gasteiger partial charge on any atom is 0.128 e. The summed E-state index contributed by atoms with van der Waals surface area (Å²) < 4.78 is 0.194. The molecule has 0 aliphatic carbocycles. The standard InChI is InChI=1S/2C2H5.CH3NS2.2CH3.Zn/c2*1-2;2-1(3)4;;;/h2*1H2,2H3;(H3,2,3,4);2*1H3;. The molecule has 4 heteroatoms. The van der Waals surface area contributed by atoms with Crippen LogP contribution in [0.5, 0.6) is 0 Å². The van der Waals surface area contributed by atoms with Crippen LogP contribution in [0.1, 0.15) is 13.8 Å². The van der Waals surface area contributed by atoms with Crippen LogP contribution in [0.2, 0.25) is 21.1 Å². The molecular weight excluding hydrogens is 228 g/mol. The van der Waals surface area contributed by atoms with Crippen LogP contribution in [0.25, 0.3) is 0 Å². The second kappa shape index (κ2) is 7.51. The molecule has 0 saturated heterocycles. The second-order valence-corrected chi connectivity index (χ2v) is 22.7. The predicted octanol–water partition coefficient (Wildman–Crippen LogP) is 3.27. The number of hydrogen-bond acceptors (Lipinski definition) is 1. The van der Waals surface area contributed by atoms with Crippen LogP contribution in [0.4, 0.5) is 0 Å². The molecule has 0 radical (unpaired) electrons. The zero-order valence-electron chi connectivity index (χ0n) is 8.05. The Morgan fingerprint density at radius 2 is 1.55 bits per heavy atom. The Balaban J connectivity index is 0. The first-order valence-electron chi connectivity index (χ1n) is 4.54. The van der Waals surface area contributed by atoms with Crippen molar-refractivity contribution in [3.63, 3.8) is 0 Å². The van der Waals surface area contributed by atoms with Crippen LogP contribution in [0, 0.1) is 0 Å². The van der Waals surface area contributed by atoms with Gasteiger partial charge in [0.15, 0.2) is 0 Å². The van der Waals surface area contributed by atoms with Gasteiger partial charge in [-0.1, -0.05) is 12.2 Å². The van der Waals surface area contributed by atoms with E-state index in [4.69, 9.17) is 5.73 Å². The Hall–Kier alpha value is 0.863. The molecule has 0 aromatic carbocycles. The normalized spacial score (nSPS) is 8.45. The number of thiocarbonyl (C=S) groups is 1. The summed E-state index contributed by atoms with van der Waals surface area (Å²) in [6.45, 7) is 4.67. The average molecular weight is 247 g/mol. The van der Waals surface area contributed by atoms with Crippen LogP contribution in [-0.2, 0) is 14.8 Å². The van der Waals surface area contributed by atoms with Crippen LogP contribution >= 0.6 is 24.8 Å². The molecule has 0 aromatic rings. The van der Waals surface area contributed by atoms with E-state index in [0.717, 1.165) is 0 Å². The molecule has 0 unspecified atom stereocenters. The zero-order chi connectivity index (χ0) is 9.49. The monoisotopic (exact) mass is 245 g/mol. The largest absolute Gasteiger partial charge is 0.385 e. The Morgan fingerprint density at radius 3 is 1.55 bits per heavy atom. The van der Waals surface area contributed by atoms with Gasteiger partial charge in [-0.15, -0.1) is 12.6 Å². The summed E-state index contributed by atoms with van der Waals surface area (Å²) in [6.07, 6.45) is 0. The molecule has 0 spiro atoms. The predicted molar refractivity (Wildman–Crippen MR) is 58.5 cm³/mol. The summed E-state index contributed by atoms with van der Waals surface area (Å²) in [5.74, 6) is 0. The third-order valence-corrected chi connectivity index (χ3v) is 14.1. The molecule has 66 valence electrons. The fraction of sp³-hybridized carbons (Fsp3) is 0.857. The van der Waals surface area contributed by atoms with Gasteiger partial charge in [-0.05, 0) is 0 Å². The van der Waals surface area contributed by atoms with Gasteiger partial charge >= 0.3 is 49.7 Å². The molecule has 11 heavy (non-hydrogen) atoms. The molecule has 0 rings (SSSR count). The van der Waals surface area contributed by atoms with Crippen LogP contribution in [-0.4, -0.2) is 4.32 Å². The first-order chi connectivity index (χ1) is 4.85. The van der Waals surface area contributed by atoms with Gasteiger partial charge < -0.3 is 5.73 Å². The summed E-state index contributed by atoms with van der Waals surface area (Å²) in [7, 11) is 0. The molecule has 2 N–H and O–H groups in total. The van der Waals surface area contributed by atoms with E-state index in [9.17, 15) is 0 Å². The Labute approximate surface area is 84.4 Å². The van der Waals surface area contributed by atoms with Crippen molar-refractivity contribution in [3.8, 4) is 0 Å². The Bertz CT molecular complexity index is 105. The molecule has 0 bridgehead atoms. The maximum atomic E-state index is 4.71. The quantitative estimate of drug-likeness (QED) is 0.444. The third kappa shape index (κ3) is 18.1. The van der Waals surface area contributed by atoms with E-state index in [2.05, 4.69) is 49.7 Å². The molecule has 0 fully saturated rings. The smallest absolute Gasteiger partial charge is 0.128 e. The Kier molecular flexibility index (Phi) is 9.82. The molecule has 0 amide bonds. The van der Waals surface area contributed by atoms with Crippen molar-refractivity contribution < 1.29 is 14.8 Å². The van der Waals surface area contributed by atoms with E-state index >= 15 is 0 Å². The van der Waals surface area contributed by atoms with Crippen molar-refractivity contribution in [2.75, 3.05) is 0 Å². The first-order valence-corrected chi connectivity index (χ1v) is 15.5. The molecular formula is C7H19NS2Zn. The topological polar surface area (TPSA) is 26.0 Å². The van der Waals surface area contributed by atoms with Crippen LogP contribution in [0.3, 0.4) is 0 Å². The number of nitrogens with two attached hydrogens (primary N) is 1. The summed E-state index contributed by atoms with van der Waals surface area (Å²) in [5, 5.41) is 3.03. The van der Waals surface area contributed by atoms with E-state index < -0.39 is 14.8 Å². The summed E-state index contributed by atoms with van der Waals surface area (Å²) in [4.78, 5) is 0. The fourth-order valence-corrected chi connectivity index (χ4v) is 1.84. The van der Waals surface area contributed by atoms with Crippen LogP contribution in [0.15, 0.2) is 0 Å². The minimum Gasteiger partial charge on any atom is -0.385 e. The van der Waals surface area contributed by atoms with E-state index in [1.54, 1.807) is 0 Å². The van der Waals surface area contributed by atoms with Crippen molar-refractivity contribution in [1.29, 1.82) is 0 Å². The molecule has 0 aromatic heterocycles. The number of thiol groups is 1. The van der Waals surface area contributed by atoms with Gasteiger partial charge in [0.05, 0.1) is 0 Å². The van der Waals surface area contributed by atoms with Crippen molar-refractivity contribution in [2.24, 2.45) is 5.73 Å². The summed E-state index contributed by atoms with van der Waals surface area (Å²) >= 11 is 6.29. The second-order valence-electron chi connectivity index (χ2n) is 4.40. The average Bonchev–Trinajstić information content (AvgIpc) is 1.87. The van der Waals surface area contributed by atoms with Crippen molar-refractivity contribution in [2.45, 2.75) is 34.9 Å². The van der Waals surface area contributed by atoms with Crippen molar-refractivity contribution >= 4 is 29.2 Å². The molecule has 0 aliphatic rings. The first kappa shape index (κ1) is 14.4. The zero-order valence-corrected chi connectivity index (χ0v) is 12.7. The van der Waals surface area contributed by atoms with Crippen molar-refractivity contribution in [1.82, 2.24) is 0 Å². The van der Waals surface area contributed by atoms with Crippen molar-refractivity contribution in [3.05, 3.63) is 0 Å². The summed E-state index contributed by atoms with van der Waals surface area (Å²) in [6, 6.07) is 0. The van der Waals surface area contributed by atoms with E-state index in [1.807, 2.05) is 0 Å². The van der Waals surface area contributed by atoms with E-state index in [0.29, 0.717) is 0 Å². The Morgan fingerprint density at radius 1 is 1.36 bits per heavy atom. The van der Waals surface area contributed by atoms with Gasteiger partial charge in [-0.3, -0.25) is 0 Å². The minimum atomic E-state index is -1.36. The molecule has 1 nitrogen and oxygen atoms in total. The van der Waals surface area contributed by atoms with Gasteiger partial charge in [0.1, 0.15) is 4.32 Å². The van der Waals surface area contributed by atoms with Gasteiger partial charge in [-0.2, -0.15) is 0 Å². The molecule has 0 aliphatic heterocycles. The fourth-order valence-electron chi connectivity index (χ4n) is 0.354. The number of hydrogen-bond donors (Lipinski definition) is 2. The maximum absolute atomic E-state index is 4.71. The number of rotatable bonds is 2. The van der Waals surface area contributed by atoms with E-state index in [1.165, 1.54) is 10.0 Å². The summed E-state index contributed by atoms with van der Waals surface area (Å²) in [5.41, 5.74) is 9.74. The minimum absolute atomic E-state index is 0.194. The van der Waals surface area contributed by atoms with Gasteiger partial charge in [0.25, 0.3) is 0 Å². The molecule has 0 atom stereocenters.